The summed E-state index contributed by atoms with van der Waals surface area (Å²) in [5.74, 6) is -0.0229. The second-order valence-electron chi connectivity index (χ2n) is 12.6. The maximum atomic E-state index is 14.4. The van der Waals surface area contributed by atoms with Crippen molar-refractivity contribution in [2.45, 2.75) is 70.7 Å². The van der Waals surface area contributed by atoms with Gasteiger partial charge in [-0.05, 0) is 48.3 Å². The number of benzene rings is 3. The number of ether oxygens (including phenoxy) is 2. The van der Waals surface area contributed by atoms with Gasteiger partial charge < -0.3 is 19.3 Å². The minimum Gasteiger partial charge on any atom is -0.445 e. The number of amides is 3. The number of hydrogen-bond acceptors (Lipinski definition) is 6. The first kappa shape index (κ1) is 33.7. The third-order valence-electron chi connectivity index (χ3n) is 8.99. The smallest absolute Gasteiger partial charge is 0.410 e. The average Bonchev–Trinajstić information content (AvgIpc) is 3.51. The van der Waals surface area contributed by atoms with Gasteiger partial charge in [0.25, 0.3) is 0 Å². The lowest BCUT2D eigenvalue weighted by atomic mass is 10.00. The first-order valence-corrected chi connectivity index (χ1v) is 16.7. The average molecular weight is 640 g/mol. The molecule has 0 saturated carbocycles. The maximum absolute atomic E-state index is 14.4. The standard InChI is InChI=1S/C38H45N3O6/c1-29-24-35(41(25-29)38(45)47-28-32-16-9-4-10-17-32)36(43)40(23-21-34(42)20-19-30-12-5-2-6-13-30)33-18-11-22-39(26-33)37(44)46-27-31-14-7-3-8-15-31/h2-10,12-17,29,33,35H,11,18-28H2,1H3/t29-,33-,35+/m1/s1. The molecule has 2 fully saturated rings. The molecule has 248 valence electrons. The molecule has 2 aliphatic rings. The van der Waals surface area contributed by atoms with E-state index in [1.807, 2.05) is 97.9 Å². The SMILES string of the molecule is C[C@@H]1C[C@@H](C(=O)N(CCC(=O)CCc2ccccc2)[C@@H]2CCCN(C(=O)OCc3ccccc3)C2)N(C(=O)OCc2ccccc2)C1. The molecular formula is C38H45N3O6. The van der Waals surface area contributed by atoms with Crippen molar-refractivity contribution >= 4 is 23.9 Å². The van der Waals surface area contributed by atoms with Crippen molar-refractivity contribution in [1.29, 1.82) is 0 Å². The maximum Gasteiger partial charge on any atom is 0.410 e. The number of piperidine rings is 1. The van der Waals surface area contributed by atoms with Crippen LogP contribution in [0.4, 0.5) is 9.59 Å². The van der Waals surface area contributed by atoms with Crippen molar-refractivity contribution in [3.8, 4) is 0 Å². The molecule has 0 N–H and O–H groups in total. The molecule has 2 aliphatic heterocycles. The number of nitrogens with zero attached hydrogens (tertiary/aromatic N) is 3. The van der Waals surface area contributed by atoms with Gasteiger partial charge >= 0.3 is 12.2 Å². The zero-order chi connectivity index (χ0) is 33.0. The van der Waals surface area contributed by atoms with Crippen LogP contribution in [0, 0.1) is 5.92 Å². The van der Waals surface area contributed by atoms with Gasteiger partial charge in [0.2, 0.25) is 5.91 Å². The molecule has 0 radical (unpaired) electrons. The summed E-state index contributed by atoms with van der Waals surface area (Å²) in [5.41, 5.74) is 2.86. The number of ketones is 1. The largest absolute Gasteiger partial charge is 0.445 e. The summed E-state index contributed by atoms with van der Waals surface area (Å²) in [6, 6.07) is 27.8. The zero-order valence-corrected chi connectivity index (χ0v) is 27.2. The number of hydrogen-bond donors (Lipinski definition) is 0. The normalized spacial score (nSPS) is 19.2. The van der Waals surface area contributed by atoms with Crippen molar-refractivity contribution in [2.24, 2.45) is 5.92 Å². The molecule has 2 heterocycles. The van der Waals surface area contributed by atoms with Gasteiger partial charge in [0.15, 0.2) is 0 Å². The van der Waals surface area contributed by atoms with E-state index in [-0.39, 0.29) is 49.8 Å². The van der Waals surface area contributed by atoms with E-state index in [2.05, 4.69) is 0 Å². The van der Waals surface area contributed by atoms with E-state index in [0.717, 1.165) is 16.7 Å². The van der Waals surface area contributed by atoms with Crippen molar-refractivity contribution in [2.75, 3.05) is 26.2 Å². The molecule has 47 heavy (non-hydrogen) atoms. The van der Waals surface area contributed by atoms with Crippen LogP contribution in [0.15, 0.2) is 91.0 Å². The van der Waals surface area contributed by atoms with Crippen molar-refractivity contribution in [3.63, 3.8) is 0 Å². The van der Waals surface area contributed by atoms with Gasteiger partial charge in [0.1, 0.15) is 25.0 Å². The highest BCUT2D eigenvalue weighted by Crippen LogP contribution is 2.28. The van der Waals surface area contributed by atoms with Crippen LogP contribution in [0.3, 0.4) is 0 Å². The number of aryl methyl sites for hydroxylation is 1. The molecule has 0 spiro atoms. The number of carbonyl (C=O) groups excluding carboxylic acids is 4. The van der Waals surface area contributed by atoms with Gasteiger partial charge in [-0.25, -0.2) is 9.59 Å². The second-order valence-corrected chi connectivity index (χ2v) is 12.6. The number of rotatable bonds is 12. The molecule has 0 aliphatic carbocycles. The summed E-state index contributed by atoms with van der Waals surface area (Å²) < 4.78 is 11.3. The van der Waals surface area contributed by atoms with Gasteiger partial charge in [0, 0.05) is 45.1 Å². The summed E-state index contributed by atoms with van der Waals surface area (Å²) >= 11 is 0. The van der Waals surface area contributed by atoms with E-state index in [1.54, 1.807) is 9.80 Å². The number of Topliss-reactive ketones (excluding diaryl/α,β-unsaturated/α-hetero) is 1. The first-order chi connectivity index (χ1) is 22.9. The molecule has 3 amide bonds. The lowest BCUT2D eigenvalue weighted by Gasteiger charge is -2.40. The molecule has 0 unspecified atom stereocenters. The van der Waals surface area contributed by atoms with Crippen LogP contribution in [0.1, 0.15) is 55.7 Å². The summed E-state index contributed by atoms with van der Waals surface area (Å²) in [6.45, 7) is 3.78. The predicted octanol–water partition coefficient (Wildman–Crippen LogP) is 6.26. The summed E-state index contributed by atoms with van der Waals surface area (Å²) in [7, 11) is 0. The molecule has 3 atom stereocenters. The highest BCUT2D eigenvalue weighted by atomic mass is 16.6. The highest BCUT2D eigenvalue weighted by Gasteiger charge is 2.43. The molecule has 3 aromatic carbocycles. The second kappa shape index (κ2) is 16.8. The van der Waals surface area contributed by atoms with Crippen LogP contribution in [-0.2, 0) is 38.7 Å². The Kier molecular flexibility index (Phi) is 12.0. The molecule has 5 rings (SSSR count). The molecule has 9 heteroatoms. The monoisotopic (exact) mass is 639 g/mol. The van der Waals surface area contributed by atoms with Crippen LogP contribution < -0.4 is 0 Å². The lowest BCUT2D eigenvalue weighted by Crippen LogP contribution is -2.56. The Labute approximate surface area is 277 Å². The van der Waals surface area contributed by atoms with Gasteiger partial charge in [0.05, 0.1) is 0 Å². The van der Waals surface area contributed by atoms with E-state index < -0.39 is 18.2 Å². The third-order valence-corrected chi connectivity index (χ3v) is 8.99. The Balaban J connectivity index is 1.27. The van der Waals surface area contributed by atoms with E-state index in [0.29, 0.717) is 51.7 Å². The van der Waals surface area contributed by atoms with Gasteiger partial charge in [-0.2, -0.15) is 0 Å². The molecular weight excluding hydrogens is 594 g/mol. The predicted molar refractivity (Wildman–Crippen MR) is 178 cm³/mol. The molecule has 0 bridgehead atoms. The van der Waals surface area contributed by atoms with Gasteiger partial charge in [-0.1, -0.05) is 97.9 Å². The van der Waals surface area contributed by atoms with E-state index in [9.17, 15) is 19.2 Å². The van der Waals surface area contributed by atoms with E-state index in [4.69, 9.17) is 9.47 Å². The Morgan fingerprint density at radius 1 is 0.745 bits per heavy atom. The molecule has 9 nitrogen and oxygen atoms in total. The van der Waals surface area contributed by atoms with Gasteiger partial charge in [-0.3, -0.25) is 14.5 Å². The van der Waals surface area contributed by atoms with E-state index in [1.165, 1.54) is 4.90 Å². The Bertz CT molecular complexity index is 1470. The molecule has 2 saturated heterocycles. The Morgan fingerprint density at radius 3 is 1.94 bits per heavy atom. The minimum absolute atomic E-state index is 0.0699. The van der Waals surface area contributed by atoms with Crippen molar-refractivity contribution < 1.29 is 28.7 Å². The molecule has 3 aromatic rings. The number of likely N-dealkylation sites (tertiary alicyclic amines) is 2. The fourth-order valence-electron chi connectivity index (χ4n) is 6.43. The summed E-state index contributed by atoms with van der Waals surface area (Å²) in [5, 5.41) is 0. The minimum atomic E-state index is -0.701. The summed E-state index contributed by atoms with van der Waals surface area (Å²) in [6.07, 6.45) is 2.16. The highest BCUT2D eigenvalue weighted by molar-refractivity contribution is 5.87. The topological polar surface area (TPSA) is 96.5 Å². The lowest BCUT2D eigenvalue weighted by molar-refractivity contribution is -0.139. The fourth-order valence-corrected chi connectivity index (χ4v) is 6.43. The number of carbonyl (C=O) groups is 4. The van der Waals surface area contributed by atoms with Crippen molar-refractivity contribution in [1.82, 2.24) is 14.7 Å². The fraction of sp³-hybridized carbons (Fsp3) is 0.421. The van der Waals surface area contributed by atoms with Crippen molar-refractivity contribution in [3.05, 3.63) is 108 Å². The van der Waals surface area contributed by atoms with Crippen LogP contribution in [0.2, 0.25) is 0 Å². The van der Waals surface area contributed by atoms with Crippen LogP contribution in [-0.4, -0.2) is 76.8 Å². The Morgan fingerprint density at radius 2 is 1.32 bits per heavy atom. The Hall–Kier alpha value is -4.66. The molecule has 0 aromatic heterocycles. The van der Waals surface area contributed by atoms with E-state index >= 15 is 0 Å². The first-order valence-electron chi connectivity index (χ1n) is 16.7. The zero-order valence-electron chi connectivity index (χ0n) is 27.2. The quantitative estimate of drug-likeness (QED) is 0.232. The summed E-state index contributed by atoms with van der Waals surface area (Å²) in [4.78, 5) is 58.8. The van der Waals surface area contributed by atoms with Crippen LogP contribution >= 0.6 is 0 Å². The van der Waals surface area contributed by atoms with Crippen LogP contribution in [0.5, 0.6) is 0 Å². The van der Waals surface area contributed by atoms with Gasteiger partial charge in [-0.15, -0.1) is 0 Å². The van der Waals surface area contributed by atoms with Crippen LogP contribution in [0.25, 0.3) is 0 Å². The third kappa shape index (κ3) is 9.67.